The summed E-state index contributed by atoms with van der Waals surface area (Å²) in [5, 5.41) is 29.2. The summed E-state index contributed by atoms with van der Waals surface area (Å²) >= 11 is 0. The Morgan fingerprint density at radius 1 is 0.538 bits per heavy atom. The molecule has 8 heteroatoms. The average Bonchev–Trinajstić information content (AvgIpc) is 2.56. The van der Waals surface area contributed by atoms with Gasteiger partial charge in [-0.05, 0) is 12.1 Å². The smallest absolute Gasteiger partial charge is 0.120 e. The fourth-order valence-corrected chi connectivity index (χ4v) is 2.25. The molecule has 5 N–H and O–H groups in total. The first-order valence-electron chi connectivity index (χ1n) is 7.93. The van der Waals surface area contributed by atoms with Crippen molar-refractivity contribution in [2.75, 3.05) is 26.2 Å². The Morgan fingerprint density at radius 3 is 1.27 bits per heavy atom. The molecule has 0 aromatic heterocycles. The molecule has 0 saturated heterocycles. The molecule has 0 radical (unpaired) electrons. The van der Waals surface area contributed by atoms with Crippen molar-refractivity contribution < 1.29 is 10.2 Å². The number of benzene rings is 2. The SMILES string of the molecule is Cl.Cl.Cl.Oc1ccccc1CNCCNCCNCc1ccccc1O. The van der Waals surface area contributed by atoms with Crippen molar-refractivity contribution in [1.82, 2.24) is 16.0 Å². The number of nitrogens with one attached hydrogen (secondary N) is 3. The fourth-order valence-electron chi connectivity index (χ4n) is 2.25. The molecule has 5 nitrogen and oxygen atoms in total. The van der Waals surface area contributed by atoms with Gasteiger partial charge in [-0.15, -0.1) is 37.2 Å². The van der Waals surface area contributed by atoms with Crippen LogP contribution in [0.2, 0.25) is 0 Å². The lowest BCUT2D eigenvalue weighted by Gasteiger charge is -2.09. The Morgan fingerprint density at radius 2 is 0.885 bits per heavy atom. The molecule has 0 heterocycles. The zero-order valence-corrected chi connectivity index (χ0v) is 16.9. The van der Waals surface area contributed by atoms with Gasteiger partial charge in [-0.2, -0.15) is 0 Å². The monoisotopic (exact) mass is 423 g/mol. The molecule has 2 rings (SSSR count). The van der Waals surface area contributed by atoms with Crippen LogP contribution in [0.4, 0.5) is 0 Å². The van der Waals surface area contributed by atoms with E-state index in [1.54, 1.807) is 12.1 Å². The molecule has 2 aromatic carbocycles. The number of aromatic hydroxyl groups is 2. The molecule has 0 bridgehead atoms. The minimum atomic E-state index is 0. The number of para-hydroxylation sites is 2. The predicted octanol–water partition coefficient (Wildman–Crippen LogP) is 2.83. The summed E-state index contributed by atoms with van der Waals surface area (Å²) in [5.74, 6) is 0.669. The first-order valence-corrected chi connectivity index (χ1v) is 7.93. The number of rotatable bonds is 10. The van der Waals surface area contributed by atoms with E-state index in [0.29, 0.717) is 24.6 Å². The van der Waals surface area contributed by atoms with Gasteiger partial charge < -0.3 is 26.2 Å². The van der Waals surface area contributed by atoms with Crippen molar-refractivity contribution in [3.05, 3.63) is 59.7 Å². The topological polar surface area (TPSA) is 76.5 Å². The van der Waals surface area contributed by atoms with Crippen LogP contribution in [0.3, 0.4) is 0 Å². The van der Waals surface area contributed by atoms with Crippen LogP contribution in [0.1, 0.15) is 11.1 Å². The van der Waals surface area contributed by atoms with Gasteiger partial charge >= 0.3 is 0 Å². The quantitative estimate of drug-likeness (QED) is 0.379. The maximum Gasteiger partial charge on any atom is 0.120 e. The van der Waals surface area contributed by atoms with Gasteiger partial charge in [0.25, 0.3) is 0 Å². The summed E-state index contributed by atoms with van der Waals surface area (Å²) in [6.45, 7) is 4.75. The van der Waals surface area contributed by atoms with Crippen LogP contribution in [-0.2, 0) is 13.1 Å². The Labute approximate surface area is 173 Å². The molecular weight excluding hydrogens is 397 g/mol. The summed E-state index contributed by atoms with van der Waals surface area (Å²) in [5.41, 5.74) is 1.83. The third-order valence-electron chi connectivity index (χ3n) is 3.57. The third kappa shape index (κ3) is 10.1. The third-order valence-corrected chi connectivity index (χ3v) is 3.57. The highest BCUT2D eigenvalue weighted by molar-refractivity contribution is 5.86. The standard InChI is InChI=1S/C18H25N3O2.3ClH/c22-17-7-3-1-5-15(17)13-20-11-9-19-10-12-21-14-16-6-2-4-8-18(16)23;;;/h1-8,19-23H,9-14H2;3*1H. The molecule has 0 spiro atoms. The van der Waals surface area contributed by atoms with Gasteiger partial charge in [-0.3, -0.25) is 0 Å². The summed E-state index contributed by atoms with van der Waals surface area (Å²) in [6, 6.07) is 14.7. The van der Waals surface area contributed by atoms with E-state index < -0.39 is 0 Å². The molecule has 0 aliphatic carbocycles. The Bertz CT molecular complexity index is 552. The van der Waals surface area contributed by atoms with Gasteiger partial charge in [-0.1, -0.05) is 36.4 Å². The second-order valence-electron chi connectivity index (χ2n) is 5.36. The highest BCUT2D eigenvalue weighted by Gasteiger charge is 1.99. The minimum absolute atomic E-state index is 0. The van der Waals surface area contributed by atoms with Gasteiger partial charge in [0.05, 0.1) is 0 Å². The molecule has 0 unspecified atom stereocenters. The van der Waals surface area contributed by atoms with E-state index in [2.05, 4.69) is 16.0 Å². The predicted molar refractivity (Wildman–Crippen MR) is 114 cm³/mol. The molecule has 0 amide bonds. The Balaban J connectivity index is 0. The van der Waals surface area contributed by atoms with Crippen molar-refractivity contribution in [1.29, 1.82) is 0 Å². The van der Waals surface area contributed by atoms with Crippen LogP contribution >= 0.6 is 37.2 Å². The molecule has 0 fully saturated rings. The average molecular weight is 425 g/mol. The van der Waals surface area contributed by atoms with Crippen LogP contribution in [-0.4, -0.2) is 36.4 Å². The molecule has 148 valence electrons. The van der Waals surface area contributed by atoms with Gasteiger partial charge in [0.15, 0.2) is 0 Å². The van der Waals surface area contributed by atoms with Gasteiger partial charge in [0.2, 0.25) is 0 Å². The van der Waals surface area contributed by atoms with Crippen LogP contribution in [0.5, 0.6) is 11.5 Å². The molecule has 0 saturated carbocycles. The molecule has 2 aromatic rings. The zero-order valence-electron chi connectivity index (χ0n) is 14.5. The highest BCUT2D eigenvalue weighted by Crippen LogP contribution is 2.15. The van der Waals surface area contributed by atoms with Crippen LogP contribution < -0.4 is 16.0 Å². The van der Waals surface area contributed by atoms with E-state index in [4.69, 9.17) is 0 Å². The van der Waals surface area contributed by atoms with E-state index in [0.717, 1.165) is 37.3 Å². The highest BCUT2D eigenvalue weighted by atomic mass is 35.5. The largest absolute Gasteiger partial charge is 0.508 e. The fraction of sp³-hybridized carbons (Fsp3) is 0.333. The maximum atomic E-state index is 9.64. The minimum Gasteiger partial charge on any atom is -0.508 e. The second-order valence-corrected chi connectivity index (χ2v) is 5.36. The van der Waals surface area contributed by atoms with Crippen molar-refractivity contribution in [3.8, 4) is 11.5 Å². The van der Waals surface area contributed by atoms with Crippen LogP contribution in [0, 0.1) is 0 Å². The lowest BCUT2D eigenvalue weighted by Crippen LogP contribution is -2.32. The Kier molecular flexibility index (Phi) is 16.6. The Hall–Kier alpha value is -1.21. The molecular formula is C18H28Cl3N3O2. The van der Waals surface area contributed by atoms with Crippen LogP contribution in [0.15, 0.2) is 48.5 Å². The van der Waals surface area contributed by atoms with E-state index >= 15 is 0 Å². The summed E-state index contributed by atoms with van der Waals surface area (Å²) < 4.78 is 0. The number of halogens is 3. The number of hydrogen-bond donors (Lipinski definition) is 5. The lowest BCUT2D eigenvalue weighted by molar-refractivity contribution is 0.463. The van der Waals surface area contributed by atoms with Crippen molar-refractivity contribution in [2.24, 2.45) is 0 Å². The van der Waals surface area contributed by atoms with Gasteiger partial charge in [0.1, 0.15) is 11.5 Å². The van der Waals surface area contributed by atoms with Gasteiger partial charge in [-0.25, -0.2) is 0 Å². The van der Waals surface area contributed by atoms with E-state index in [1.165, 1.54) is 0 Å². The van der Waals surface area contributed by atoms with Crippen molar-refractivity contribution >= 4 is 37.2 Å². The molecule has 0 atom stereocenters. The molecule has 0 aliphatic rings. The number of phenolic OH excluding ortho intramolecular Hbond substituents is 2. The van der Waals surface area contributed by atoms with Crippen molar-refractivity contribution in [3.63, 3.8) is 0 Å². The number of phenols is 2. The van der Waals surface area contributed by atoms with E-state index in [9.17, 15) is 10.2 Å². The number of hydrogen-bond acceptors (Lipinski definition) is 5. The van der Waals surface area contributed by atoms with Crippen LogP contribution in [0.25, 0.3) is 0 Å². The molecule has 0 aliphatic heterocycles. The second kappa shape index (κ2) is 16.0. The van der Waals surface area contributed by atoms with Crippen molar-refractivity contribution in [2.45, 2.75) is 13.1 Å². The molecule has 26 heavy (non-hydrogen) atoms. The maximum absolute atomic E-state index is 9.64. The first-order chi connectivity index (χ1) is 11.3. The van der Waals surface area contributed by atoms with E-state index in [-0.39, 0.29) is 37.2 Å². The first kappa shape index (κ1) is 27.0. The van der Waals surface area contributed by atoms with Gasteiger partial charge in [0, 0.05) is 50.4 Å². The normalized spacial score (nSPS) is 9.54. The summed E-state index contributed by atoms with van der Waals surface area (Å²) in [4.78, 5) is 0. The lowest BCUT2D eigenvalue weighted by atomic mass is 10.2. The zero-order chi connectivity index (χ0) is 16.3. The van der Waals surface area contributed by atoms with E-state index in [1.807, 2.05) is 36.4 Å². The summed E-state index contributed by atoms with van der Waals surface area (Å²) in [6.07, 6.45) is 0. The summed E-state index contributed by atoms with van der Waals surface area (Å²) in [7, 11) is 0.